The summed E-state index contributed by atoms with van der Waals surface area (Å²) in [4.78, 5) is 11.2. The molecule has 0 aliphatic heterocycles. The molecular weight excluding hydrogens is 400 g/mol. The molecule has 8 heteroatoms. The van der Waals surface area contributed by atoms with Crippen molar-refractivity contribution in [3.05, 3.63) is 71.9 Å². The molecule has 2 aromatic heterocycles. The maximum absolute atomic E-state index is 6.06. The Morgan fingerprint density at radius 2 is 1.80 bits per heavy atom. The molecule has 0 bridgehead atoms. The number of aromatic nitrogens is 5. The summed E-state index contributed by atoms with van der Waals surface area (Å²) in [7, 11) is 1.93. The highest BCUT2D eigenvalue weighted by Gasteiger charge is 2.19. The van der Waals surface area contributed by atoms with E-state index in [2.05, 4.69) is 15.3 Å². The smallest absolute Gasteiger partial charge is 0.230 e. The summed E-state index contributed by atoms with van der Waals surface area (Å²) in [5.74, 6) is 0.574. The van der Waals surface area contributed by atoms with Crippen LogP contribution in [0.3, 0.4) is 0 Å². The van der Waals surface area contributed by atoms with Crippen molar-refractivity contribution >= 4 is 23.2 Å². The van der Waals surface area contributed by atoms with E-state index < -0.39 is 0 Å². The fraction of sp³-hybridized carbons (Fsp3) is 0.182. The van der Waals surface area contributed by atoms with Crippen LogP contribution in [0.15, 0.2) is 66.9 Å². The fourth-order valence-electron chi connectivity index (χ4n) is 3.05. The van der Waals surface area contributed by atoms with Crippen LogP contribution in [0.2, 0.25) is 5.02 Å². The Labute approximate surface area is 179 Å². The van der Waals surface area contributed by atoms with Gasteiger partial charge in [-0.05, 0) is 37.3 Å². The maximum atomic E-state index is 6.06. The normalized spacial score (nSPS) is 10.9. The molecule has 0 saturated carbocycles. The molecule has 0 unspecified atom stereocenters. The number of halogens is 1. The number of ether oxygens (including phenoxy) is 1. The molecular formula is C22H21ClN6O. The van der Waals surface area contributed by atoms with Gasteiger partial charge < -0.3 is 9.64 Å². The van der Waals surface area contributed by atoms with Crippen molar-refractivity contribution in [2.75, 3.05) is 18.6 Å². The van der Waals surface area contributed by atoms with Crippen LogP contribution in [0, 0.1) is 0 Å². The van der Waals surface area contributed by atoms with E-state index in [0.29, 0.717) is 29.0 Å². The Morgan fingerprint density at radius 3 is 2.53 bits per heavy atom. The van der Waals surface area contributed by atoms with E-state index in [-0.39, 0.29) is 6.73 Å². The van der Waals surface area contributed by atoms with Crippen LogP contribution in [-0.2, 0) is 11.5 Å². The van der Waals surface area contributed by atoms with Gasteiger partial charge in [0.25, 0.3) is 0 Å². The minimum atomic E-state index is 0.278. The van der Waals surface area contributed by atoms with E-state index in [1.807, 2.05) is 79.5 Å². The lowest BCUT2D eigenvalue weighted by molar-refractivity contribution is 0.0790. The van der Waals surface area contributed by atoms with Crippen LogP contribution < -0.4 is 4.90 Å². The second-order valence-electron chi connectivity index (χ2n) is 6.55. The van der Waals surface area contributed by atoms with Gasteiger partial charge in [0.15, 0.2) is 0 Å². The Kier molecular flexibility index (Phi) is 6.02. The van der Waals surface area contributed by atoms with Gasteiger partial charge in [-0.15, -0.1) is 5.10 Å². The summed E-state index contributed by atoms with van der Waals surface area (Å²) < 4.78 is 7.29. The molecule has 4 rings (SSSR count). The lowest BCUT2D eigenvalue weighted by Gasteiger charge is -2.17. The first-order chi connectivity index (χ1) is 14.7. The molecule has 0 aliphatic rings. The van der Waals surface area contributed by atoms with Crippen LogP contribution in [-0.4, -0.2) is 38.6 Å². The van der Waals surface area contributed by atoms with Gasteiger partial charge in [-0.1, -0.05) is 47.1 Å². The molecule has 0 radical (unpaired) electrons. The number of para-hydroxylation sites is 1. The summed E-state index contributed by atoms with van der Waals surface area (Å²) in [6, 6.07) is 19.3. The third-order valence-electron chi connectivity index (χ3n) is 4.60. The lowest BCUT2D eigenvalue weighted by Crippen LogP contribution is -2.14. The molecule has 30 heavy (non-hydrogen) atoms. The minimum absolute atomic E-state index is 0.278. The molecule has 0 saturated heterocycles. The van der Waals surface area contributed by atoms with Gasteiger partial charge in [-0.3, -0.25) is 0 Å². The van der Waals surface area contributed by atoms with Crippen LogP contribution in [0.4, 0.5) is 11.6 Å². The quantitative estimate of drug-likeness (QED) is 0.427. The van der Waals surface area contributed by atoms with Crippen LogP contribution >= 0.6 is 11.6 Å². The summed E-state index contributed by atoms with van der Waals surface area (Å²) >= 11 is 6.06. The van der Waals surface area contributed by atoms with E-state index in [9.17, 15) is 0 Å². The van der Waals surface area contributed by atoms with Crippen molar-refractivity contribution in [2.24, 2.45) is 0 Å². The Bertz CT molecular complexity index is 1110. The first-order valence-electron chi connectivity index (χ1n) is 9.56. The van der Waals surface area contributed by atoms with E-state index in [4.69, 9.17) is 21.3 Å². The summed E-state index contributed by atoms with van der Waals surface area (Å²) in [6.45, 7) is 2.79. The van der Waals surface area contributed by atoms with Crippen molar-refractivity contribution in [3.63, 3.8) is 0 Å². The second kappa shape index (κ2) is 9.02. The molecule has 7 nitrogen and oxygen atoms in total. The van der Waals surface area contributed by atoms with Gasteiger partial charge in [0.1, 0.15) is 18.1 Å². The first-order valence-corrected chi connectivity index (χ1v) is 9.94. The minimum Gasteiger partial charge on any atom is -0.359 e. The van der Waals surface area contributed by atoms with Crippen LogP contribution in [0.5, 0.6) is 0 Å². The standard InChI is InChI=1S/C22H21ClN6O/c1-3-30-15-29-21(20(26-27-29)16-9-11-17(23)12-10-16)19-13-14-24-22(25-19)28(2)18-7-5-4-6-8-18/h4-14H,3,15H2,1-2H3. The Hall–Kier alpha value is -3.29. The highest BCUT2D eigenvalue weighted by atomic mass is 35.5. The molecule has 4 aromatic rings. The zero-order valence-corrected chi connectivity index (χ0v) is 17.5. The largest absolute Gasteiger partial charge is 0.359 e. The van der Waals surface area contributed by atoms with Gasteiger partial charge in [-0.25, -0.2) is 14.6 Å². The molecule has 2 aromatic carbocycles. The molecule has 0 spiro atoms. The van der Waals surface area contributed by atoms with E-state index in [1.165, 1.54) is 0 Å². The Balaban J connectivity index is 1.79. The van der Waals surface area contributed by atoms with Crippen molar-refractivity contribution in [1.29, 1.82) is 0 Å². The van der Waals surface area contributed by atoms with Crippen molar-refractivity contribution < 1.29 is 4.74 Å². The van der Waals surface area contributed by atoms with Gasteiger partial charge in [0.05, 0.1) is 5.69 Å². The molecule has 152 valence electrons. The predicted molar refractivity (Wildman–Crippen MR) is 118 cm³/mol. The third-order valence-corrected chi connectivity index (χ3v) is 4.85. The number of hydrogen-bond acceptors (Lipinski definition) is 6. The van der Waals surface area contributed by atoms with Crippen molar-refractivity contribution in [2.45, 2.75) is 13.7 Å². The monoisotopic (exact) mass is 420 g/mol. The molecule has 0 aliphatic carbocycles. The zero-order valence-electron chi connectivity index (χ0n) is 16.7. The SMILES string of the molecule is CCOCn1nnc(-c2ccc(Cl)cc2)c1-c1ccnc(N(C)c2ccccc2)n1. The number of rotatable bonds is 7. The Morgan fingerprint density at radius 1 is 1.03 bits per heavy atom. The molecule has 2 heterocycles. The summed E-state index contributed by atoms with van der Waals surface area (Å²) in [5.41, 5.74) is 4.06. The van der Waals surface area contributed by atoms with Crippen molar-refractivity contribution in [1.82, 2.24) is 25.0 Å². The van der Waals surface area contributed by atoms with Gasteiger partial charge >= 0.3 is 0 Å². The average molecular weight is 421 g/mol. The molecule has 0 amide bonds. The fourth-order valence-corrected chi connectivity index (χ4v) is 3.17. The topological polar surface area (TPSA) is 69.0 Å². The third kappa shape index (κ3) is 4.17. The van der Waals surface area contributed by atoms with E-state index in [1.54, 1.807) is 10.9 Å². The van der Waals surface area contributed by atoms with E-state index in [0.717, 1.165) is 16.9 Å². The average Bonchev–Trinajstić information content (AvgIpc) is 3.22. The maximum Gasteiger partial charge on any atom is 0.230 e. The number of benzene rings is 2. The predicted octanol–water partition coefficient (Wildman–Crippen LogP) is 4.82. The van der Waals surface area contributed by atoms with E-state index >= 15 is 0 Å². The number of hydrogen-bond donors (Lipinski definition) is 0. The molecule has 0 N–H and O–H groups in total. The first kappa shape index (κ1) is 20.0. The van der Waals surface area contributed by atoms with Gasteiger partial charge in [0.2, 0.25) is 5.95 Å². The van der Waals surface area contributed by atoms with Crippen LogP contribution in [0.25, 0.3) is 22.6 Å². The highest BCUT2D eigenvalue weighted by Crippen LogP contribution is 2.31. The zero-order chi connectivity index (χ0) is 20.9. The summed E-state index contributed by atoms with van der Waals surface area (Å²) in [5, 5.41) is 9.35. The van der Waals surface area contributed by atoms with Gasteiger partial charge in [-0.2, -0.15) is 0 Å². The summed E-state index contributed by atoms with van der Waals surface area (Å²) in [6.07, 6.45) is 1.74. The number of nitrogens with zero attached hydrogens (tertiary/aromatic N) is 6. The number of anilines is 2. The second-order valence-corrected chi connectivity index (χ2v) is 6.99. The molecule has 0 fully saturated rings. The van der Waals surface area contributed by atoms with Gasteiger partial charge in [0, 0.05) is 36.1 Å². The van der Waals surface area contributed by atoms with Crippen molar-refractivity contribution in [3.8, 4) is 22.6 Å². The lowest BCUT2D eigenvalue weighted by atomic mass is 10.1. The van der Waals surface area contributed by atoms with Crippen LogP contribution in [0.1, 0.15) is 6.92 Å². The molecule has 0 atom stereocenters. The highest BCUT2D eigenvalue weighted by molar-refractivity contribution is 6.30.